The van der Waals surface area contributed by atoms with Gasteiger partial charge in [0.2, 0.25) is 5.91 Å². The van der Waals surface area contributed by atoms with Gasteiger partial charge in [-0.1, -0.05) is 13.8 Å². The van der Waals surface area contributed by atoms with Gasteiger partial charge in [0, 0.05) is 39.8 Å². The first-order valence-corrected chi connectivity index (χ1v) is 7.18. The van der Waals surface area contributed by atoms with Crippen LogP contribution in [0.4, 0.5) is 0 Å². The van der Waals surface area contributed by atoms with E-state index < -0.39 is 0 Å². The van der Waals surface area contributed by atoms with Crippen molar-refractivity contribution in [3.63, 3.8) is 0 Å². The van der Waals surface area contributed by atoms with Gasteiger partial charge in [0.05, 0.1) is 0 Å². The van der Waals surface area contributed by atoms with Crippen molar-refractivity contribution in [3.05, 3.63) is 0 Å². The molecule has 1 N–H and O–H groups in total. The summed E-state index contributed by atoms with van der Waals surface area (Å²) in [6.45, 7) is 7.45. The molecule has 0 bridgehead atoms. The van der Waals surface area contributed by atoms with Gasteiger partial charge in [0.15, 0.2) is 0 Å². The summed E-state index contributed by atoms with van der Waals surface area (Å²) in [5, 5.41) is 3.35. The van der Waals surface area contributed by atoms with E-state index in [0.29, 0.717) is 6.04 Å². The molecule has 1 unspecified atom stereocenters. The zero-order valence-electron chi connectivity index (χ0n) is 12.1. The third kappa shape index (κ3) is 2.69. The van der Waals surface area contributed by atoms with E-state index in [0.717, 1.165) is 31.5 Å². The zero-order valence-corrected chi connectivity index (χ0v) is 12.1. The van der Waals surface area contributed by atoms with E-state index in [1.54, 1.807) is 4.90 Å². The van der Waals surface area contributed by atoms with Crippen molar-refractivity contribution in [2.24, 2.45) is 11.8 Å². The lowest BCUT2D eigenvalue weighted by atomic mass is 9.72. The maximum atomic E-state index is 12.2. The summed E-state index contributed by atoms with van der Waals surface area (Å²) in [6, 6.07) is 0.681. The van der Waals surface area contributed by atoms with Gasteiger partial charge in [0.25, 0.3) is 0 Å². The van der Waals surface area contributed by atoms with Crippen LogP contribution in [-0.4, -0.2) is 61.5 Å². The first-order valence-electron chi connectivity index (χ1n) is 7.18. The summed E-state index contributed by atoms with van der Waals surface area (Å²) in [5.41, 5.74) is 0. The standard InChI is InChI=1S/C14H27N3O/c1-10(2)11-7-12(8-11)17-6-5-15-9-13(17)14(18)16(3)4/h10-13,15H,5-9H2,1-4H3. The molecule has 1 aliphatic carbocycles. The summed E-state index contributed by atoms with van der Waals surface area (Å²) in [7, 11) is 3.71. The normalized spacial score (nSPS) is 33.3. The van der Waals surface area contributed by atoms with Crippen molar-refractivity contribution in [2.45, 2.75) is 38.8 Å². The Kier molecular flexibility index (Phi) is 4.28. The van der Waals surface area contributed by atoms with E-state index in [2.05, 4.69) is 24.1 Å². The Morgan fingerprint density at radius 3 is 2.56 bits per heavy atom. The fraction of sp³-hybridized carbons (Fsp3) is 0.929. The molecular weight excluding hydrogens is 226 g/mol. The highest BCUT2D eigenvalue weighted by atomic mass is 16.2. The minimum absolute atomic E-state index is 0.0480. The lowest BCUT2D eigenvalue weighted by molar-refractivity contribution is -0.138. The number of hydrogen-bond donors (Lipinski definition) is 1. The van der Waals surface area contributed by atoms with Gasteiger partial charge in [-0.05, 0) is 24.7 Å². The van der Waals surface area contributed by atoms with Gasteiger partial charge in [-0.3, -0.25) is 9.69 Å². The third-order valence-corrected chi connectivity index (χ3v) is 4.57. The molecule has 2 aliphatic rings. The fourth-order valence-corrected chi connectivity index (χ4v) is 3.13. The van der Waals surface area contributed by atoms with Crippen LogP contribution in [0.3, 0.4) is 0 Å². The Morgan fingerprint density at radius 1 is 1.33 bits per heavy atom. The molecule has 0 aromatic rings. The predicted octanol–water partition coefficient (Wildman–Crippen LogP) is 0.783. The Labute approximate surface area is 111 Å². The Bertz CT molecular complexity index is 297. The number of carbonyl (C=O) groups is 1. The van der Waals surface area contributed by atoms with Gasteiger partial charge >= 0.3 is 0 Å². The Hall–Kier alpha value is -0.610. The van der Waals surface area contributed by atoms with Crippen LogP contribution in [0, 0.1) is 11.8 Å². The number of hydrogen-bond acceptors (Lipinski definition) is 3. The van der Waals surface area contributed by atoms with Crippen LogP contribution in [0.1, 0.15) is 26.7 Å². The van der Waals surface area contributed by atoms with Crippen molar-refractivity contribution >= 4 is 5.91 Å². The summed E-state index contributed by atoms with van der Waals surface area (Å²) < 4.78 is 0. The zero-order chi connectivity index (χ0) is 13.3. The number of nitrogens with zero attached hydrogens (tertiary/aromatic N) is 2. The lowest BCUT2D eigenvalue weighted by Crippen LogP contribution is -2.63. The van der Waals surface area contributed by atoms with Crippen molar-refractivity contribution in [1.82, 2.24) is 15.1 Å². The number of piperazine rings is 1. The van der Waals surface area contributed by atoms with Gasteiger partial charge in [-0.25, -0.2) is 0 Å². The molecule has 1 saturated carbocycles. The molecule has 2 fully saturated rings. The predicted molar refractivity (Wildman–Crippen MR) is 73.4 cm³/mol. The smallest absolute Gasteiger partial charge is 0.240 e. The summed E-state index contributed by atoms with van der Waals surface area (Å²) in [5.74, 6) is 1.89. The van der Waals surface area contributed by atoms with E-state index in [-0.39, 0.29) is 11.9 Å². The van der Waals surface area contributed by atoms with Gasteiger partial charge in [0.1, 0.15) is 6.04 Å². The lowest BCUT2D eigenvalue weighted by Gasteiger charge is -2.49. The van der Waals surface area contributed by atoms with Crippen molar-refractivity contribution in [3.8, 4) is 0 Å². The summed E-state index contributed by atoms with van der Waals surface area (Å²) >= 11 is 0. The van der Waals surface area contributed by atoms with Crippen LogP contribution in [-0.2, 0) is 4.79 Å². The maximum absolute atomic E-state index is 12.2. The molecule has 1 atom stereocenters. The highest BCUT2D eigenvalue weighted by molar-refractivity contribution is 5.81. The summed E-state index contributed by atoms with van der Waals surface area (Å²) in [4.78, 5) is 16.4. The topological polar surface area (TPSA) is 35.6 Å². The molecule has 4 nitrogen and oxygen atoms in total. The van der Waals surface area contributed by atoms with Crippen LogP contribution < -0.4 is 5.32 Å². The van der Waals surface area contributed by atoms with Crippen molar-refractivity contribution in [2.75, 3.05) is 33.7 Å². The van der Waals surface area contributed by atoms with Crippen molar-refractivity contribution in [1.29, 1.82) is 0 Å². The minimum atomic E-state index is 0.0480. The average Bonchev–Trinajstić information content (AvgIpc) is 2.26. The van der Waals surface area contributed by atoms with Crippen molar-refractivity contribution < 1.29 is 4.79 Å². The average molecular weight is 253 g/mol. The van der Waals surface area contributed by atoms with Gasteiger partial charge in [-0.15, -0.1) is 0 Å². The number of nitrogens with one attached hydrogen (secondary N) is 1. The molecule has 1 heterocycles. The van der Waals surface area contributed by atoms with Gasteiger partial charge < -0.3 is 10.2 Å². The molecule has 1 amide bonds. The molecule has 0 aromatic carbocycles. The maximum Gasteiger partial charge on any atom is 0.240 e. The van der Waals surface area contributed by atoms with Crippen LogP contribution in [0.15, 0.2) is 0 Å². The van der Waals surface area contributed by atoms with E-state index in [1.165, 1.54) is 12.8 Å². The monoisotopic (exact) mass is 253 g/mol. The van der Waals surface area contributed by atoms with Crippen LogP contribution in [0.5, 0.6) is 0 Å². The molecule has 18 heavy (non-hydrogen) atoms. The molecule has 1 saturated heterocycles. The van der Waals surface area contributed by atoms with E-state index in [1.807, 2.05) is 14.1 Å². The molecular formula is C14H27N3O. The molecule has 104 valence electrons. The first kappa shape index (κ1) is 13.8. The SMILES string of the molecule is CC(C)C1CC(N2CCNCC2C(=O)N(C)C)C1. The van der Waals surface area contributed by atoms with Gasteiger partial charge in [-0.2, -0.15) is 0 Å². The van der Waals surface area contributed by atoms with Crippen LogP contribution in [0.25, 0.3) is 0 Å². The number of amides is 1. The highest BCUT2D eigenvalue weighted by Crippen LogP contribution is 2.38. The quantitative estimate of drug-likeness (QED) is 0.807. The number of rotatable bonds is 3. The second kappa shape index (κ2) is 5.57. The number of likely N-dealkylation sites (N-methyl/N-ethyl adjacent to an activating group) is 1. The second-order valence-corrected chi connectivity index (χ2v) is 6.32. The molecule has 0 aromatic heterocycles. The third-order valence-electron chi connectivity index (χ3n) is 4.57. The highest BCUT2D eigenvalue weighted by Gasteiger charge is 2.41. The van der Waals surface area contributed by atoms with E-state index >= 15 is 0 Å². The Balaban J connectivity index is 1.95. The minimum Gasteiger partial charge on any atom is -0.347 e. The Morgan fingerprint density at radius 2 is 2.00 bits per heavy atom. The first-order chi connectivity index (χ1) is 8.50. The molecule has 1 aliphatic heterocycles. The molecule has 0 radical (unpaired) electrons. The van der Waals surface area contributed by atoms with Crippen LogP contribution in [0.2, 0.25) is 0 Å². The largest absolute Gasteiger partial charge is 0.347 e. The van der Waals surface area contributed by atoms with E-state index in [9.17, 15) is 4.79 Å². The molecule has 4 heteroatoms. The second-order valence-electron chi connectivity index (χ2n) is 6.32. The fourth-order valence-electron chi connectivity index (χ4n) is 3.13. The van der Waals surface area contributed by atoms with E-state index in [4.69, 9.17) is 0 Å². The summed E-state index contributed by atoms with van der Waals surface area (Å²) in [6.07, 6.45) is 2.55. The number of carbonyl (C=O) groups excluding carboxylic acids is 1. The molecule has 0 spiro atoms. The molecule has 2 rings (SSSR count). The van der Waals surface area contributed by atoms with Crippen LogP contribution >= 0.6 is 0 Å².